The molecular weight excluding hydrogens is 244 g/mol. The van der Waals surface area contributed by atoms with Crippen molar-refractivity contribution >= 4 is 17.5 Å². The van der Waals surface area contributed by atoms with E-state index in [-0.39, 0.29) is 18.2 Å². The van der Waals surface area contributed by atoms with E-state index in [0.717, 1.165) is 5.69 Å². The summed E-state index contributed by atoms with van der Waals surface area (Å²) in [5.41, 5.74) is 0.725. The number of nitrogens with one attached hydrogen (secondary N) is 1. The Morgan fingerprint density at radius 2 is 2.16 bits per heavy atom. The van der Waals surface area contributed by atoms with Crippen molar-refractivity contribution in [3.8, 4) is 0 Å². The van der Waals surface area contributed by atoms with Crippen LogP contribution in [0.25, 0.3) is 0 Å². The van der Waals surface area contributed by atoms with Gasteiger partial charge < -0.3 is 15.0 Å². The molecule has 0 radical (unpaired) electrons. The van der Waals surface area contributed by atoms with Gasteiger partial charge in [0.25, 0.3) is 5.91 Å². The highest BCUT2D eigenvalue weighted by Crippen LogP contribution is 2.12. The standard InChI is InChI=1S/C14H18N2O3/c1-2-16-8-9-19-12(14(16)18)10-13(17)15-11-6-4-3-5-7-11/h3-7,12H,2,8-10H2,1H3,(H,15,17)/t12-/m0/s1. The number of rotatable bonds is 4. The second-order valence-electron chi connectivity index (χ2n) is 4.40. The van der Waals surface area contributed by atoms with Crippen LogP contribution in [0.2, 0.25) is 0 Å². The highest BCUT2D eigenvalue weighted by molar-refractivity contribution is 5.95. The van der Waals surface area contributed by atoms with E-state index >= 15 is 0 Å². The molecule has 1 aromatic carbocycles. The lowest BCUT2D eigenvalue weighted by atomic mass is 10.1. The largest absolute Gasteiger partial charge is 0.366 e. The first kappa shape index (κ1) is 13.5. The van der Waals surface area contributed by atoms with Crippen molar-refractivity contribution in [1.82, 2.24) is 4.90 Å². The number of amides is 2. The number of likely N-dealkylation sites (N-methyl/N-ethyl adjacent to an activating group) is 1. The Morgan fingerprint density at radius 3 is 2.84 bits per heavy atom. The topological polar surface area (TPSA) is 58.6 Å². The number of carbonyl (C=O) groups excluding carboxylic acids is 2. The summed E-state index contributed by atoms with van der Waals surface area (Å²) in [7, 11) is 0. The second kappa shape index (κ2) is 6.33. The van der Waals surface area contributed by atoms with Crippen LogP contribution in [0.15, 0.2) is 30.3 Å². The van der Waals surface area contributed by atoms with Crippen LogP contribution in [0.3, 0.4) is 0 Å². The number of nitrogens with zero attached hydrogens (tertiary/aromatic N) is 1. The molecule has 1 fully saturated rings. The number of morpholine rings is 1. The Bertz CT molecular complexity index is 447. The molecule has 102 valence electrons. The molecule has 5 heteroatoms. The van der Waals surface area contributed by atoms with E-state index in [1.165, 1.54) is 0 Å². The zero-order chi connectivity index (χ0) is 13.7. The average Bonchev–Trinajstić information content (AvgIpc) is 2.42. The quantitative estimate of drug-likeness (QED) is 0.888. The molecule has 5 nitrogen and oxygen atoms in total. The number of ether oxygens (including phenoxy) is 1. The molecule has 0 aliphatic carbocycles. The van der Waals surface area contributed by atoms with Crippen LogP contribution in [-0.4, -0.2) is 42.5 Å². The Labute approximate surface area is 112 Å². The van der Waals surface area contributed by atoms with Gasteiger partial charge in [-0.25, -0.2) is 0 Å². The summed E-state index contributed by atoms with van der Waals surface area (Å²) in [5.74, 6) is -0.306. The monoisotopic (exact) mass is 262 g/mol. The molecule has 19 heavy (non-hydrogen) atoms. The van der Waals surface area contributed by atoms with Crippen molar-refractivity contribution in [1.29, 1.82) is 0 Å². The van der Waals surface area contributed by atoms with Gasteiger partial charge in [0.05, 0.1) is 13.0 Å². The highest BCUT2D eigenvalue weighted by Gasteiger charge is 2.30. The third-order valence-corrected chi connectivity index (χ3v) is 3.08. The molecule has 0 spiro atoms. The van der Waals surface area contributed by atoms with Gasteiger partial charge >= 0.3 is 0 Å². The maximum absolute atomic E-state index is 12.0. The van der Waals surface area contributed by atoms with Crippen LogP contribution in [0.4, 0.5) is 5.69 Å². The highest BCUT2D eigenvalue weighted by atomic mass is 16.5. The first-order chi connectivity index (χ1) is 9.20. The fourth-order valence-electron chi connectivity index (χ4n) is 2.05. The minimum Gasteiger partial charge on any atom is -0.366 e. The fourth-order valence-corrected chi connectivity index (χ4v) is 2.05. The second-order valence-corrected chi connectivity index (χ2v) is 4.40. The summed E-state index contributed by atoms with van der Waals surface area (Å²) in [5, 5.41) is 2.75. The number of carbonyl (C=O) groups is 2. The van der Waals surface area contributed by atoms with Crippen molar-refractivity contribution < 1.29 is 14.3 Å². The zero-order valence-electron chi connectivity index (χ0n) is 11.0. The summed E-state index contributed by atoms with van der Waals surface area (Å²) < 4.78 is 5.38. The third-order valence-electron chi connectivity index (χ3n) is 3.08. The van der Waals surface area contributed by atoms with Gasteiger partial charge in [-0.2, -0.15) is 0 Å². The van der Waals surface area contributed by atoms with E-state index in [0.29, 0.717) is 19.7 Å². The smallest absolute Gasteiger partial charge is 0.252 e. The van der Waals surface area contributed by atoms with E-state index in [1.807, 2.05) is 25.1 Å². The molecule has 1 N–H and O–H groups in total. The van der Waals surface area contributed by atoms with E-state index in [2.05, 4.69) is 5.32 Å². The van der Waals surface area contributed by atoms with Crippen molar-refractivity contribution in [2.24, 2.45) is 0 Å². The van der Waals surface area contributed by atoms with Crippen LogP contribution < -0.4 is 5.32 Å². The van der Waals surface area contributed by atoms with Crippen LogP contribution in [0.1, 0.15) is 13.3 Å². The molecular formula is C14H18N2O3. The number of para-hydroxylation sites is 1. The third kappa shape index (κ3) is 3.54. The predicted octanol–water partition coefficient (Wildman–Crippen LogP) is 1.26. The molecule has 1 atom stereocenters. The van der Waals surface area contributed by atoms with Crippen LogP contribution in [0.5, 0.6) is 0 Å². The van der Waals surface area contributed by atoms with Crippen LogP contribution in [0, 0.1) is 0 Å². The molecule has 2 rings (SSSR count). The lowest BCUT2D eigenvalue weighted by Crippen LogP contribution is -2.48. The first-order valence-corrected chi connectivity index (χ1v) is 6.46. The summed E-state index contributed by atoms with van der Waals surface area (Å²) in [4.78, 5) is 25.5. The van der Waals surface area contributed by atoms with Gasteiger partial charge in [-0.05, 0) is 19.1 Å². The summed E-state index contributed by atoms with van der Waals surface area (Å²) in [6.45, 7) is 3.66. The normalized spacial score (nSPS) is 19.3. The van der Waals surface area contributed by atoms with Crippen molar-refractivity contribution in [2.45, 2.75) is 19.4 Å². The lowest BCUT2D eigenvalue weighted by molar-refractivity contribution is -0.154. The molecule has 0 aromatic heterocycles. The zero-order valence-corrected chi connectivity index (χ0v) is 11.0. The lowest BCUT2D eigenvalue weighted by Gasteiger charge is -2.31. The van der Waals surface area contributed by atoms with E-state index in [4.69, 9.17) is 4.74 Å². The number of hydrogen-bond donors (Lipinski definition) is 1. The summed E-state index contributed by atoms with van der Waals surface area (Å²) >= 11 is 0. The molecule has 1 aromatic rings. The van der Waals surface area contributed by atoms with Gasteiger partial charge in [0.15, 0.2) is 0 Å². The number of anilines is 1. The molecule has 2 amide bonds. The molecule has 1 aliphatic rings. The minimum absolute atomic E-state index is 0.0597. The van der Waals surface area contributed by atoms with E-state index in [9.17, 15) is 9.59 Å². The van der Waals surface area contributed by atoms with Crippen molar-refractivity contribution in [3.05, 3.63) is 30.3 Å². The minimum atomic E-state index is -0.655. The SMILES string of the molecule is CCN1CCO[C@@H](CC(=O)Nc2ccccc2)C1=O. The molecule has 0 bridgehead atoms. The van der Waals surface area contributed by atoms with Crippen molar-refractivity contribution in [3.63, 3.8) is 0 Å². The molecule has 0 saturated carbocycles. The Morgan fingerprint density at radius 1 is 1.42 bits per heavy atom. The predicted molar refractivity (Wildman–Crippen MR) is 71.7 cm³/mol. The van der Waals surface area contributed by atoms with Crippen LogP contribution in [-0.2, 0) is 14.3 Å². The van der Waals surface area contributed by atoms with Gasteiger partial charge in [-0.15, -0.1) is 0 Å². The number of hydrogen-bond acceptors (Lipinski definition) is 3. The molecule has 0 unspecified atom stereocenters. The van der Waals surface area contributed by atoms with Gasteiger partial charge in [-0.1, -0.05) is 18.2 Å². The average molecular weight is 262 g/mol. The summed E-state index contributed by atoms with van der Waals surface area (Å²) in [6, 6.07) is 9.18. The maximum Gasteiger partial charge on any atom is 0.252 e. The van der Waals surface area contributed by atoms with Crippen molar-refractivity contribution in [2.75, 3.05) is 25.0 Å². The van der Waals surface area contributed by atoms with E-state index < -0.39 is 6.10 Å². The Hall–Kier alpha value is -1.88. The Balaban J connectivity index is 1.90. The van der Waals surface area contributed by atoms with Gasteiger partial charge in [0.1, 0.15) is 6.10 Å². The molecule has 1 saturated heterocycles. The van der Waals surface area contributed by atoms with Gasteiger partial charge in [-0.3, -0.25) is 9.59 Å². The molecule has 1 aliphatic heterocycles. The van der Waals surface area contributed by atoms with Gasteiger partial charge in [0, 0.05) is 18.8 Å². The first-order valence-electron chi connectivity index (χ1n) is 6.46. The summed E-state index contributed by atoms with van der Waals surface area (Å²) in [6.07, 6.45) is -0.595. The maximum atomic E-state index is 12.0. The fraction of sp³-hybridized carbons (Fsp3) is 0.429. The van der Waals surface area contributed by atoms with Gasteiger partial charge in [0.2, 0.25) is 5.91 Å². The van der Waals surface area contributed by atoms with E-state index in [1.54, 1.807) is 17.0 Å². The molecule has 1 heterocycles. The Kier molecular flexibility index (Phi) is 4.52. The number of benzene rings is 1. The van der Waals surface area contributed by atoms with Crippen LogP contribution >= 0.6 is 0 Å².